The largest absolute Gasteiger partial charge is 0.394 e. The van der Waals surface area contributed by atoms with Crippen LogP contribution in [0.25, 0.3) is 0 Å². The van der Waals surface area contributed by atoms with Crippen LogP contribution in [-0.2, 0) is 52.2 Å². The summed E-state index contributed by atoms with van der Waals surface area (Å²) < 4.78 is 56.0. The number of hydrogen-bond donors (Lipinski definition) is 16. The lowest BCUT2D eigenvalue weighted by Gasteiger charge is -2.50. The molecule has 25 atom stereocenters. The number of carbonyl (C=O) groups is 1. The monoisotopic (exact) mass is 907 g/mol. The first-order chi connectivity index (χ1) is 29.5. The number of amides is 1. The summed E-state index contributed by atoms with van der Waals surface area (Å²) in [5.74, 6) is 1.34. The quantitative estimate of drug-likeness (QED) is 0.0639. The standard InChI is InChI=1S/C35H57NO26/c1-3-4-53-32-24(50)21(47)27(14(8-40)57-32)59-34-25(51)22(48)28(15(9-41)58-34)60-35-26(52)30(19(45)13(7-39)56-35)62-31-16(36-10(2)42)29(18(44)12(6-38)54-31)61-33-23(49)20(46)17(43)11(5-37)55-33/h1,11-35,37-41,43-52H,4-9H2,2H3,(H,36,42)/t11-,12-,13-,14-,15-,16-,17+,18+,19+,20+,21-,22-,23-,24-,25-,26-,27+,28+,29-,30+,31+,32-,33+,34+,35-/m1/s1. The van der Waals surface area contributed by atoms with Gasteiger partial charge >= 0.3 is 0 Å². The summed E-state index contributed by atoms with van der Waals surface area (Å²) in [6.07, 6.45) is -38.5. The van der Waals surface area contributed by atoms with Gasteiger partial charge in [0.1, 0.15) is 129 Å². The van der Waals surface area contributed by atoms with Gasteiger partial charge in [0.2, 0.25) is 5.91 Å². The van der Waals surface area contributed by atoms with E-state index in [4.69, 9.17) is 53.8 Å². The van der Waals surface area contributed by atoms with Gasteiger partial charge in [-0.25, -0.2) is 0 Å². The van der Waals surface area contributed by atoms with Gasteiger partial charge in [0, 0.05) is 6.92 Å². The van der Waals surface area contributed by atoms with Crippen molar-refractivity contribution < 1.29 is 129 Å². The van der Waals surface area contributed by atoms with Gasteiger partial charge in [-0.1, -0.05) is 5.92 Å². The molecule has 0 radical (unpaired) electrons. The van der Waals surface area contributed by atoms with Crippen LogP contribution >= 0.6 is 0 Å². The molecule has 5 heterocycles. The van der Waals surface area contributed by atoms with E-state index >= 15 is 0 Å². The van der Waals surface area contributed by atoms with Crippen molar-refractivity contribution in [2.45, 2.75) is 160 Å². The Hall–Kier alpha value is -1.97. The summed E-state index contributed by atoms with van der Waals surface area (Å²) in [5.41, 5.74) is 0. The van der Waals surface area contributed by atoms with E-state index in [1.54, 1.807) is 0 Å². The molecule has 62 heavy (non-hydrogen) atoms. The first kappa shape index (κ1) is 51.0. The van der Waals surface area contributed by atoms with Crippen molar-refractivity contribution in [1.29, 1.82) is 0 Å². The maximum absolute atomic E-state index is 12.5. The predicted molar refractivity (Wildman–Crippen MR) is 191 cm³/mol. The second kappa shape index (κ2) is 22.5. The van der Waals surface area contributed by atoms with E-state index in [2.05, 4.69) is 11.2 Å². The maximum Gasteiger partial charge on any atom is 0.217 e. The number of rotatable bonds is 16. The van der Waals surface area contributed by atoms with E-state index in [-0.39, 0.29) is 6.61 Å². The van der Waals surface area contributed by atoms with Crippen LogP contribution in [0, 0.1) is 12.3 Å². The minimum atomic E-state index is -2.15. The van der Waals surface area contributed by atoms with Crippen molar-refractivity contribution in [1.82, 2.24) is 5.32 Å². The lowest BCUT2D eigenvalue weighted by atomic mass is 9.94. The summed E-state index contributed by atoms with van der Waals surface area (Å²) in [7, 11) is 0. The third kappa shape index (κ3) is 10.8. The van der Waals surface area contributed by atoms with Crippen LogP contribution < -0.4 is 5.32 Å². The molecule has 27 heteroatoms. The molecule has 0 aromatic rings. The van der Waals surface area contributed by atoms with E-state index in [1.807, 2.05) is 0 Å². The maximum atomic E-state index is 12.5. The Kier molecular flexibility index (Phi) is 18.5. The molecular formula is C35H57NO26. The van der Waals surface area contributed by atoms with E-state index in [0.717, 1.165) is 6.92 Å². The number of nitrogens with one attached hydrogen (secondary N) is 1. The number of carbonyl (C=O) groups excluding carboxylic acids is 1. The van der Waals surface area contributed by atoms with Gasteiger partial charge in [-0.05, 0) is 0 Å². The molecule has 5 aliphatic heterocycles. The van der Waals surface area contributed by atoms with Crippen molar-refractivity contribution in [2.75, 3.05) is 39.6 Å². The zero-order chi connectivity index (χ0) is 45.7. The molecule has 0 saturated carbocycles. The molecule has 5 saturated heterocycles. The highest BCUT2D eigenvalue weighted by Crippen LogP contribution is 2.36. The van der Waals surface area contributed by atoms with Gasteiger partial charge in [0.05, 0.1) is 33.0 Å². The third-order valence-corrected chi connectivity index (χ3v) is 11.0. The number of hydrogen-bond acceptors (Lipinski definition) is 26. The van der Waals surface area contributed by atoms with Crippen molar-refractivity contribution in [2.24, 2.45) is 0 Å². The minimum Gasteiger partial charge on any atom is -0.394 e. The average Bonchev–Trinajstić information content (AvgIpc) is 3.25. The highest BCUT2D eigenvalue weighted by atomic mass is 16.8. The Morgan fingerprint density at radius 1 is 0.468 bits per heavy atom. The fourth-order valence-electron chi connectivity index (χ4n) is 7.68. The third-order valence-electron chi connectivity index (χ3n) is 11.0. The van der Waals surface area contributed by atoms with Crippen molar-refractivity contribution >= 4 is 5.91 Å². The Balaban J connectivity index is 1.34. The Labute approximate surface area is 352 Å². The predicted octanol–water partition coefficient (Wildman–Crippen LogP) is -11.1. The van der Waals surface area contributed by atoms with E-state index in [1.165, 1.54) is 0 Å². The second-order valence-corrected chi connectivity index (χ2v) is 15.2. The molecule has 0 aliphatic carbocycles. The normalized spacial score (nSPS) is 48.9. The topological polar surface area (TPSA) is 425 Å². The van der Waals surface area contributed by atoms with Gasteiger partial charge in [-0.2, -0.15) is 0 Å². The highest BCUT2D eigenvalue weighted by Gasteiger charge is 2.57. The molecule has 16 N–H and O–H groups in total. The lowest BCUT2D eigenvalue weighted by Crippen LogP contribution is -2.70. The van der Waals surface area contributed by atoms with Gasteiger partial charge in [-0.3, -0.25) is 4.79 Å². The van der Waals surface area contributed by atoms with Crippen molar-refractivity contribution in [3.8, 4) is 12.3 Å². The van der Waals surface area contributed by atoms with Gasteiger partial charge in [0.25, 0.3) is 0 Å². The molecule has 358 valence electrons. The number of terminal acetylenes is 1. The number of aliphatic hydroxyl groups is 15. The fraction of sp³-hybridized carbons (Fsp3) is 0.914. The Bertz CT molecular complexity index is 1440. The Morgan fingerprint density at radius 2 is 0.839 bits per heavy atom. The molecule has 0 unspecified atom stereocenters. The second-order valence-electron chi connectivity index (χ2n) is 15.2. The van der Waals surface area contributed by atoms with Gasteiger partial charge in [0.15, 0.2) is 31.5 Å². The number of ether oxygens (including phenoxy) is 10. The van der Waals surface area contributed by atoms with Crippen LogP contribution in [-0.4, -0.2) is 276 Å². The van der Waals surface area contributed by atoms with Crippen LogP contribution in [0.15, 0.2) is 0 Å². The number of aliphatic hydroxyl groups excluding tert-OH is 15. The molecule has 0 aromatic heterocycles. The SMILES string of the molecule is C#CCO[C@@H]1O[C@H](CO)[C@H](O[C@@H]2O[C@H](CO)[C@H](O[C@H]3O[C@H](CO)[C@H](O)[C@H](O[C@@H]4O[C@H](CO)[C@H](O)[C@H](O[C@@H]5O[C@H](CO)[C@H](O)[C@H](O)[C@H]5O)[C@H]4NC(C)=O)[C@H]3O)[C@H](O)[C@H]2O)[C@H](O)[C@H]1O. The summed E-state index contributed by atoms with van der Waals surface area (Å²) >= 11 is 0. The summed E-state index contributed by atoms with van der Waals surface area (Å²) in [4.78, 5) is 12.5. The average molecular weight is 908 g/mol. The highest BCUT2D eigenvalue weighted by molar-refractivity contribution is 5.73. The van der Waals surface area contributed by atoms with Crippen LogP contribution in [0.2, 0.25) is 0 Å². The molecule has 5 aliphatic rings. The van der Waals surface area contributed by atoms with Gasteiger partial charge < -0.3 is 129 Å². The van der Waals surface area contributed by atoms with Gasteiger partial charge in [-0.15, -0.1) is 6.42 Å². The lowest BCUT2D eigenvalue weighted by molar-refractivity contribution is -0.388. The molecular weight excluding hydrogens is 850 g/mol. The van der Waals surface area contributed by atoms with Crippen LogP contribution in [0.4, 0.5) is 0 Å². The molecule has 5 rings (SSSR count). The van der Waals surface area contributed by atoms with Crippen molar-refractivity contribution in [3.05, 3.63) is 0 Å². The van der Waals surface area contributed by atoms with Crippen LogP contribution in [0.5, 0.6) is 0 Å². The fourth-order valence-corrected chi connectivity index (χ4v) is 7.68. The van der Waals surface area contributed by atoms with E-state index in [9.17, 15) is 81.4 Å². The summed E-state index contributed by atoms with van der Waals surface area (Å²) in [6, 6.07) is -1.67. The van der Waals surface area contributed by atoms with E-state index < -0.39 is 192 Å². The summed E-state index contributed by atoms with van der Waals surface area (Å²) in [5, 5.41) is 161. The summed E-state index contributed by atoms with van der Waals surface area (Å²) in [6.45, 7) is -3.86. The molecule has 27 nitrogen and oxygen atoms in total. The first-order valence-electron chi connectivity index (χ1n) is 19.5. The molecule has 5 fully saturated rings. The minimum absolute atomic E-state index is 0.331. The van der Waals surface area contributed by atoms with Crippen LogP contribution in [0.3, 0.4) is 0 Å². The zero-order valence-corrected chi connectivity index (χ0v) is 33.0. The van der Waals surface area contributed by atoms with E-state index in [0.29, 0.717) is 0 Å². The molecule has 1 amide bonds. The smallest absolute Gasteiger partial charge is 0.217 e. The zero-order valence-electron chi connectivity index (χ0n) is 33.0. The van der Waals surface area contributed by atoms with Crippen LogP contribution in [0.1, 0.15) is 6.92 Å². The molecule has 0 bridgehead atoms. The first-order valence-corrected chi connectivity index (χ1v) is 19.5. The van der Waals surface area contributed by atoms with Crippen molar-refractivity contribution in [3.63, 3.8) is 0 Å². The Morgan fingerprint density at radius 3 is 1.32 bits per heavy atom. The molecule has 0 spiro atoms. The molecule has 0 aromatic carbocycles.